The average Bonchev–Trinajstić information content (AvgIpc) is 3.06. The average molecular weight is 546 g/mol. The quantitative estimate of drug-likeness (QED) is 0.281. The summed E-state index contributed by atoms with van der Waals surface area (Å²) in [5.41, 5.74) is 2.02. The normalized spacial score (nSPS) is 14.1. The van der Waals surface area contributed by atoms with E-state index in [0.717, 1.165) is 10.5 Å². The number of rotatable bonds is 9. The molecule has 0 aliphatic carbocycles. The van der Waals surface area contributed by atoms with Gasteiger partial charge in [-0.3, -0.25) is 9.59 Å². The van der Waals surface area contributed by atoms with Gasteiger partial charge in [-0.15, -0.1) is 0 Å². The molecule has 0 atom stereocenters. The number of hydrogen-bond donors (Lipinski definition) is 2. The molecule has 2 aromatic rings. The summed E-state index contributed by atoms with van der Waals surface area (Å²) < 4.78 is 16.1. The highest BCUT2D eigenvalue weighted by atomic mass is 79.9. The van der Waals surface area contributed by atoms with Crippen molar-refractivity contribution < 1.29 is 33.4 Å². The summed E-state index contributed by atoms with van der Waals surface area (Å²) in [6.07, 6.45) is 1.44. The summed E-state index contributed by atoms with van der Waals surface area (Å²) >= 11 is 3.39. The zero-order valence-corrected chi connectivity index (χ0v) is 20.9. The zero-order valence-electron chi connectivity index (χ0n) is 19.3. The summed E-state index contributed by atoms with van der Waals surface area (Å²) in [4.78, 5) is 49.9. The Kier molecular flexibility index (Phi) is 8.48. The van der Waals surface area contributed by atoms with Crippen LogP contribution in [0.3, 0.4) is 0 Å². The number of methoxy groups -OCH3 is 1. The second-order valence-electron chi connectivity index (χ2n) is 7.42. The fourth-order valence-corrected chi connectivity index (χ4v) is 3.65. The van der Waals surface area contributed by atoms with Gasteiger partial charge in [0.2, 0.25) is 5.91 Å². The number of carbonyl (C=O) groups is 4. The van der Waals surface area contributed by atoms with Crippen molar-refractivity contribution in [2.45, 2.75) is 13.8 Å². The monoisotopic (exact) mass is 545 g/mol. The molecule has 10 nitrogen and oxygen atoms in total. The van der Waals surface area contributed by atoms with Crippen molar-refractivity contribution in [3.63, 3.8) is 0 Å². The zero-order chi connectivity index (χ0) is 25.5. The van der Waals surface area contributed by atoms with Crippen LogP contribution in [0.2, 0.25) is 0 Å². The molecule has 0 bridgehead atoms. The first-order chi connectivity index (χ1) is 16.7. The van der Waals surface area contributed by atoms with Crippen molar-refractivity contribution in [3.8, 4) is 11.5 Å². The molecular formula is C24H24BrN3O7. The number of esters is 1. The molecule has 184 valence electrons. The van der Waals surface area contributed by atoms with Crippen molar-refractivity contribution in [1.82, 2.24) is 10.2 Å². The van der Waals surface area contributed by atoms with E-state index >= 15 is 0 Å². The van der Waals surface area contributed by atoms with Gasteiger partial charge in [0.15, 0.2) is 18.1 Å². The first-order valence-corrected chi connectivity index (χ1v) is 11.4. The summed E-state index contributed by atoms with van der Waals surface area (Å²) in [7, 11) is 1.43. The van der Waals surface area contributed by atoms with E-state index in [9.17, 15) is 19.2 Å². The van der Waals surface area contributed by atoms with E-state index in [1.807, 2.05) is 13.0 Å². The molecule has 0 aromatic heterocycles. The molecule has 1 aliphatic heterocycles. The van der Waals surface area contributed by atoms with E-state index in [1.165, 1.54) is 13.2 Å². The third-order valence-electron chi connectivity index (χ3n) is 4.80. The topological polar surface area (TPSA) is 123 Å². The number of carbonyl (C=O) groups excluding carboxylic acids is 4. The van der Waals surface area contributed by atoms with Crippen LogP contribution in [0.25, 0.3) is 6.08 Å². The molecule has 3 rings (SSSR count). The van der Waals surface area contributed by atoms with Gasteiger partial charge in [0.25, 0.3) is 5.91 Å². The smallest absolute Gasteiger partial charge is 0.344 e. The number of nitrogens with one attached hydrogen (secondary N) is 2. The molecule has 0 radical (unpaired) electrons. The Morgan fingerprint density at radius 2 is 1.94 bits per heavy atom. The number of urea groups is 1. The Balaban J connectivity index is 1.73. The van der Waals surface area contributed by atoms with Gasteiger partial charge in [0, 0.05) is 10.2 Å². The Morgan fingerprint density at radius 3 is 2.63 bits per heavy atom. The summed E-state index contributed by atoms with van der Waals surface area (Å²) in [5.74, 6) is -1.10. The fourth-order valence-electron chi connectivity index (χ4n) is 3.21. The lowest BCUT2D eigenvalue weighted by Gasteiger charge is -2.13. The molecule has 4 amide bonds. The lowest BCUT2D eigenvalue weighted by atomic mass is 10.1. The van der Waals surface area contributed by atoms with E-state index in [4.69, 9.17) is 14.2 Å². The third-order valence-corrected chi connectivity index (χ3v) is 5.49. The Morgan fingerprint density at radius 1 is 1.17 bits per heavy atom. The minimum absolute atomic E-state index is 0.0127. The molecule has 1 heterocycles. The van der Waals surface area contributed by atoms with Gasteiger partial charge in [0.1, 0.15) is 12.2 Å². The third kappa shape index (κ3) is 6.60. The Labute approximate surface area is 210 Å². The SMILES string of the molecule is CCOC(=O)COc1cc(Br)c(/C=C2/NC(=O)N(CC(=O)Nc3cccc(C)c3)C2=O)cc1OC. The molecule has 35 heavy (non-hydrogen) atoms. The van der Waals surface area contributed by atoms with E-state index < -0.39 is 30.4 Å². The molecule has 1 aliphatic rings. The fraction of sp³-hybridized carbons (Fsp3) is 0.250. The lowest BCUT2D eigenvalue weighted by Crippen LogP contribution is -2.38. The first kappa shape index (κ1) is 25.8. The summed E-state index contributed by atoms with van der Waals surface area (Å²) in [6.45, 7) is 3.07. The second kappa shape index (κ2) is 11.5. The second-order valence-corrected chi connectivity index (χ2v) is 8.27. The summed E-state index contributed by atoms with van der Waals surface area (Å²) in [6, 6.07) is 9.60. The molecule has 1 fully saturated rings. The van der Waals surface area contributed by atoms with Crippen LogP contribution in [-0.4, -0.2) is 55.6 Å². The molecule has 1 saturated heterocycles. The van der Waals surface area contributed by atoms with Crippen molar-refractivity contribution >= 4 is 51.5 Å². The van der Waals surface area contributed by atoms with Crippen LogP contribution in [0.15, 0.2) is 46.6 Å². The van der Waals surface area contributed by atoms with Crippen LogP contribution in [0.4, 0.5) is 10.5 Å². The first-order valence-electron chi connectivity index (χ1n) is 10.6. The number of halogens is 1. The van der Waals surface area contributed by atoms with Gasteiger partial charge >= 0.3 is 12.0 Å². The van der Waals surface area contributed by atoms with Crippen molar-refractivity contribution in [3.05, 3.63) is 57.7 Å². The minimum Gasteiger partial charge on any atom is -0.493 e. The lowest BCUT2D eigenvalue weighted by molar-refractivity contribution is -0.145. The number of benzene rings is 2. The number of nitrogens with zero attached hydrogens (tertiary/aromatic N) is 1. The van der Waals surface area contributed by atoms with Crippen LogP contribution in [0, 0.1) is 6.92 Å². The Hall–Kier alpha value is -3.86. The number of amides is 4. The van der Waals surface area contributed by atoms with Gasteiger partial charge in [-0.2, -0.15) is 0 Å². The number of imide groups is 1. The molecule has 2 N–H and O–H groups in total. The highest BCUT2D eigenvalue weighted by molar-refractivity contribution is 9.10. The van der Waals surface area contributed by atoms with E-state index in [-0.39, 0.29) is 24.7 Å². The number of hydrogen-bond acceptors (Lipinski definition) is 7. The molecule has 0 saturated carbocycles. The van der Waals surface area contributed by atoms with Crippen LogP contribution in [-0.2, 0) is 19.1 Å². The van der Waals surface area contributed by atoms with Crippen LogP contribution in [0.1, 0.15) is 18.1 Å². The predicted octanol–water partition coefficient (Wildman–Crippen LogP) is 3.24. The maximum absolute atomic E-state index is 12.8. The molecule has 11 heteroatoms. The molecule has 2 aromatic carbocycles. The maximum atomic E-state index is 12.8. The van der Waals surface area contributed by atoms with Crippen LogP contribution < -0.4 is 20.1 Å². The predicted molar refractivity (Wildman–Crippen MR) is 131 cm³/mol. The molecule has 0 spiro atoms. The highest BCUT2D eigenvalue weighted by Crippen LogP contribution is 2.35. The largest absolute Gasteiger partial charge is 0.493 e. The maximum Gasteiger partial charge on any atom is 0.344 e. The number of aryl methyl sites for hydroxylation is 1. The summed E-state index contributed by atoms with van der Waals surface area (Å²) in [5, 5.41) is 5.15. The standard InChI is InChI=1S/C24H24BrN3O7/c1-4-34-22(30)13-35-20-11-17(25)15(10-19(20)33-3)9-18-23(31)28(24(32)27-18)12-21(29)26-16-7-5-6-14(2)8-16/h5-11H,4,12-13H2,1-3H3,(H,26,29)(H,27,32)/b18-9+. The molecule has 0 unspecified atom stereocenters. The van der Waals surface area contributed by atoms with Gasteiger partial charge in [-0.1, -0.05) is 28.1 Å². The van der Waals surface area contributed by atoms with Gasteiger partial charge in [-0.05, 0) is 55.3 Å². The van der Waals surface area contributed by atoms with Crippen molar-refractivity contribution in [1.29, 1.82) is 0 Å². The van der Waals surface area contributed by atoms with Crippen LogP contribution in [0.5, 0.6) is 11.5 Å². The molecular weight excluding hydrogens is 522 g/mol. The van der Waals surface area contributed by atoms with Crippen molar-refractivity contribution in [2.75, 3.05) is 32.2 Å². The van der Waals surface area contributed by atoms with E-state index in [0.29, 0.717) is 21.5 Å². The number of anilines is 1. The van der Waals surface area contributed by atoms with Gasteiger partial charge in [-0.25, -0.2) is 14.5 Å². The number of ether oxygens (including phenoxy) is 3. The Bertz CT molecular complexity index is 1200. The van der Waals surface area contributed by atoms with Crippen LogP contribution >= 0.6 is 15.9 Å². The van der Waals surface area contributed by atoms with Gasteiger partial charge in [0.05, 0.1) is 13.7 Å². The highest BCUT2D eigenvalue weighted by Gasteiger charge is 2.35. The van der Waals surface area contributed by atoms with Gasteiger partial charge < -0.3 is 24.8 Å². The minimum atomic E-state index is -0.710. The van der Waals surface area contributed by atoms with E-state index in [1.54, 1.807) is 37.3 Å². The van der Waals surface area contributed by atoms with E-state index in [2.05, 4.69) is 26.6 Å². The van der Waals surface area contributed by atoms with Crippen molar-refractivity contribution in [2.24, 2.45) is 0 Å².